The Morgan fingerprint density at radius 2 is 1.57 bits per heavy atom. The van der Waals surface area contributed by atoms with Crippen molar-refractivity contribution in [2.24, 2.45) is 0 Å². The third-order valence-electron chi connectivity index (χ3n) is 3.22. The Morgan fingerprint density at radius 1 is 0.929 bits per heavy atom. The Bertz CT molecular complexity index is 560. The molecule has 8 nitrogen and oxygen atoms in total. The van der Waals surface area contributed by atoms with Gasteiger partial charge in [-0.3, -0.25) is 4.79 Å². The maximum Gasteiger partial charge on any atom is 0.407 e. The van der Waals surface area contributed by atoms with Gasteiger partial charge < -0.3 is 29.6 Å². The van der Waals surface area contributed by atoms with Crippen LogP contribution in [-0.2, 0) is 30.3 Å². The lowest BCUT2D eigenvalue weighted by atomic mass is 10.2. The molecule has 28 heavy (non-hydrogen) atoms. The zero-order valence-corrected chi connectivity index (χ0v) is 17.0. The second-order valence-corrected chi connectivity index (χ2v) is 6.98. The molecule has 0 atom stereocenters. The van der Waals surface area contributed by atoms with Crippen LogP contribution in [0, 0.1) is 0 Å². The summed E-state index contributed by atoms with van der Waals surface area (Å²) in [5.41, 5.74) is 0.450. The van der Waals surface area contributed by atoms with Crippen molar-refractivity contribution in [2.75, 3.05) is 46.1 Å². The molecule has 0 spiro atoms. The highest BCUT2D eigenvalue weighted by Gasteiger charge is 2.15. The molecule has 1 aromatic carbocycles. The third-order valence-corrected chi connectivity index (χ3v) is 3.22. The van der Waals surface area contributed by atoms with Gasteiger partial charge in [-0.05, 0) is 26.3 Å². The van der Waals surface area contributed by atoms with Gasteiger partial charge in [0.1, 0.15) is 12.2 Å². The van der Waals surface area contributed by atoms with Crippen LogP contribution in [0.3, 0.4) is 0 Å². The third kappa shape index (κ3) is 14.0. The van der Waals surface area contributed by atoms with Crippen molar-refractivity contribution in [2.45, 2.75) is 33.0 Å². The molecule has 0 aliphatic carbocycles. The Hall–Kier alpha value is -2.16. The average Bonchev–Trinajstić information content (AvgIpc) is 2.64. The molecule has 0 unspecified atom stereocenters. The standard InChI is InChI=1S/C20H32N2O6/c1-20(2,3)28-19(24)22-10-12-26-14-13-25-11-9-21-15-18(23)27-16-17-7-5-4-6-8-17/h4-8,21H,9-16H2,1-3H3,(H,22,24). The van der Waals surface area contributed by atoms with Gasteiger partial charge in [0.2, 0.25) is 0 Å². The molecule has 0 fully saturated rings. The van der Waals surface area contributed by atoms with Gasteiger partial charge in [0.05, 0.1) is 33.0 Å². The summed E-state index contributed by atoms with van der Waals surface area (Å²) in [6.45, 7) is 8.47. The molecular formula is C20H32N2O6. The molecule has 0 saturated heterocycles. The molecule has 0 bridgehead atoms. The minimum absolute atomic E-state index is 0.142. The van der Waals surface area contributed by atoms with Crippen molar-refractivity contribution in [3.8, 4) is 0 Å². The quantitative estimate of drug-likeness (QED) is 0.388. The first kappa shape index (κ1) is 23.9. The highest BCUT2D eigenvalue weighted by atomic mass is 16.6. The molecule has 0 saturated carbocycles. The largest absolute Gasteiger partial charge is 0.460 e. The molecule has 0 aliphatic heterocycles. The van der Waals surface area contributed by atoms with Crippen molar-refractivity contribution in [3.05, 3.63) is 35.9 Å². The van der Waals surface area contributed by atoms with Crippen LogP contribution in [0.4, 0.5) is 4.79 Å². The summed E-state index contributed by atoms with van der Waals surface area (Å²) >= 11 is 0. The van der Waals surface area contributed by atoms with E-state index in [1.165, 1.54) is 0 Å². The fourth-order valence-electron chi connectivity index (χ4n) is 1.99. The van der Waals surface area contributed by atoms with E-state index in [0.717, 1.165) is 5.56 Å². The van der Waals surface area contributed by atoms with Gasteiger partial charge in [0.15, 0.2) is 0 Å². The second kappa shape index (κ2) is 13.9. The second-order valence-electron chi connectivity index (χ2n) is 6.98. The van der Waals surface area contributed by atoms with Crippen LogP contribution < -0.4 is 10.6 Å². The number of hydrogen-bond donors (Lipinski definition) is 2. The fraction of sp³-hybridized carbons (Fsp3) is 0.600. The van der Waals surface area contributed by atoms with Gasteiger partial charge in [-0.15, -0.1) is 0 Å². The summed E-state index contributed by atoms with van der Waals surface area (Å²) in [6.07, 6.45) is -0.458. The van der Waals surface area contributed by atoms with Crippen LogP contribution in [0.5, 0.6) is 0 Å². The lowest BCUT2D eigenvalue weighted by Crippen LogP contribution is -2.34. The molecule has 2 N–H and O–H groups in total. The highest BCUT2D eigenvalue weighted by molar-refractivity contribution is 5.71. The first-order valence-corrected chi connectivity index (χ1v) is 9.39. The highest BCUT2D eigenvalue weighted by Crippen LogP contribution is 2.06. The zero-order valence-electron chi connectivity index (χ0n) is 17.0. The molecule has 0 radical (unpaired) electrons. The first-order valence-electron chi connectivity index (χ1n) is 9.39. The summed E-state index contributed by atoms with van der Waals surface area (Å²) in [7, 11) is 0. The number of esters is 1. The van der Waals surface area contributed by atoms with Crippen molar-refractivity contribution in [1.29, 1.82) is 0 Å². The van der Waals surface area contributed by atoms with Crippen LogP contribution in [0.2, 0.25) is 0 Å². The maximum atomic E-state index is 11.6. The van der Waals surface area contributed by atoms with E-state index >= 15 is 0 Å². The van der Waals surface area contributed by atoms with Gasteiger partial charge in [0.25, 0.3) is 0 Å². The van der Waals surface area contributed by atoms with E-state index < -0.39 is 11.7 Å². The Kier molecular flexibility index (Phi) is 11.9. The topological polar surface area (TPSA) is 95.1 Å². The van der Waals surface area contributed by atoms with E-state index in [1.807, 2.05) is 51.1 Å². The van der Waals surface area contributed by atoms with Crippen LogP contribution in [0.1, 0.15) is 26.3 Å². The number of rotatable bonds is 13. The van der Waals surface area contributed by atoms with Gasteiger partial charge in [-0.25, -0.2) is 4.79 Å². The molecule has 0 aliphatic rings. The van der Waals surface area contributed by atoms with E-state index in [1.54, 1.807) is 0 Å². The lowest BCUT2D eigenvalue weighted by molar-refractivity contribution is -0.143. The number of benzene rings is 1. The molecule has 1 amide bonds. The van der Waals surface area contributed by atoms with Crippen LogP contribution in [0.25, 0.3) is 0 Å². The summed E-state index contributed by atoms with van der Waals surface area (Å²) < 4.78 is 21.0. The van der Waals surface area contributed by atoms with Gasteiger partial charge >= 0.3 is 12.1 Å². The van der Waals surface area contributed by atoms with Crippen molar-refractivity contribution < 1.29 is 28.5 Å². The number of alkyl carbamates (subject to hydrolysis) is 1. The molecule has 158 valence electrons. The summed E-state index contributed by atoms with van der Waals surface area (Å²) in [6, 6.07) is 9.54. The zero-order chi connectivity index (χ0) is 20.7. The van der Waals surface area contributed by atoms with E-state index in [0.29, 0.717) is 39.5 Å². The minimum atomic E-state index is -0.508. The van der Waals surface area contributed by atoms with Crippen LogP contribution >= 0.6 is 0 Å². The Balaban J connectivity index is 1.85. The van der Waals surface area contributed by atoms with Gasteiger partial charge in [-0.1, -0.05) is 30.3 Å². The van der Waals surface area contributed by atoms with Crippen molar-refractivity contribution >= 4 is 12.1 Å². The Labute approximate surface area is 166 Å². The van der Waals surface area contributed by atoms with E-state index in [2.05, 4.69) is 10.6 Å². The number of ether oxygens (including phenoxy) is 4. The number of amides is 1. The van der Waals surface area contributed by atoms with Gasteiger partial charge in [-0.2, -0.15) is 0 Å². The summed E-state index contributed by atoms with van der Waals surface area (Å²) in [4.78, 5) is 23.0. The van der Waals surface area contributed by atoms with Gasteiger partial charge in [0, 0.05) is 13.1 Å². The number of nitrogens with one attached hydrogen (secondary N) is 2. The number of carbonyl (C=O) groups is 2. The fourth-order valence-corrected chi connectivity index (χ4v) is 1.99. The van der Waals surface area contributed by atoms with Crippen molar-refractivity contribution in [3.63, 3.8) is 0 Å². The molecule has 0 heterocycles. The smallest absolute Gasteiger partial charge is 0.407 e. The summed E-state index contributed by atoms with van der Waals surface area (Å²) in [5.74, 6) is -0.301. The number of carbonyl (C=O) groups excluding carboxylic acids is 2. The molecule has 8 heteroatoms. The molecule has 1 aromatic rings. The molecular weight excluding hydrogens is 364 g/mol. The SMILES string of the molecule is CC(C)(C)OC(=O)NCCOCCOCCNCC(=O)OCc1ccccc1. The molecule has 0 aromatic heterocycles. The lowest BCUT2D eigenvalue weighted by Gasteiger charge is -2.19. The van der Waals surface area contributed by atoms with Crippen molar-refractivity contribution in [1.82, 2.24) is 10.6 Å². The molecule has 1 rings (SSSR count). The summed E-state index contributed by atoms with van der Waals surface area (Å²) in [5, 5.41) is 5.57. The van der Waals surface area contributed by atoms with Crippen LogP contribution in [0.15, 0.2) is 30.3 Å². The Morgan fingerprint density at radius 3 is 2.21 bits per heavy atom. The predicted molar refractivity (Wildman–Crippen MR) is 105 cm³/mol. The van der Waals surface area contributed by atoms with E-state index in [4.69, 9.17) is 18.9 Å². The minimum Gasteiger partial charge on any atom is -0.460 e. The number of hydrogen-bond acceptors (Lipinski definition) is 7. The maximum absolute atomic E-state index is 11.6. The normalized spacial score (nSPS) is 11.1. The average molecular weight is 396 g/mol. The monoisotopic (exact) mass is 396 g/mol. The van der Waals surface area contributed by atoms with Crippen LogP contribution in [-0.4, -0.2) is 63.7 Å². The van der Waals surface area contributed by atoms with E-state index in [-0.39, 0.29) is 19.1 Å². The first-order chi connectivity index (χ1) is 13.4. The predicted octanol–water partition coefficient (Wildman–Crippen LogP) is 1.88. The van der Waals surface area contributed by atoms with E-state index in [9.17, 15) is 9.59 Å².